The van der Waals surface area contributed by atoms with E-state index < -0.39 is 23.8 Å². The molecule has 0 aromatic carbocycles. The Morgan fingerprint density at radius 1 is 1.17 bits per heavy atom. The van der Waals surface area contributed by atoms with Gasteiger partial charge < -0.3 is 15.2 Å². The lowest BCUT2D eigenvalue weighted by molar-refractivity contribution is -0.144. The Morgan fingerprint density at radius 2 is 1.72 bits per heavy atom. The van der Waals surface area contributed by atoms with Gasteiger partial charge >= 0.3 is 12.1 Å². The lowest BCUT2D eigenvalue weighted by Gasteiger charge is -2.26. The Morgan fingerprint density at radius 3 is 2.22 bits per heavy atom. The second-order valence-corrected chi connectivity index (χ2v) is 5.81. The average molecular weight is 257 g/mol. The summed E-state index contributed by atoms with van der Waals surface area (Å²) < 4.78 is 9.52. The third kappa shape index (κ3) is 5.04. The molecule has 104 valence electrons. The summed E-state index contributed by atoms with van der Waals surface area (Å²) in [5.41, 5.74) is 5.15. The standard InChI is InChI=1S/C13H23NO4/c1-13(2,3)18-12(16)17-11(15)10(14)9-7-5-4-6-8-9/h9-10H,4-8,14H2,1-3H3/t10-/m1/s1. The molecule has 1 fully saturated rings. The molecule has 0 saturated heterocycles. The molecule has 0 spiro atoms. The Bertz CT molecular complexity index is 303. The van der Waals surface area contributed by atoms with Gasteiger partial charge in [-0.15, -0.1) is 0 Å². The van der Waals surface area contributed by atoms with Crippen molar-refractivity contribution in [1.82, 2.24) is 0 Å². The third-order valence-electron chi connectivity index (χ3n) is 3.00. The van der Waals surface area contributed by atoms with E-state index in [4.69, 9.17) is 10.5 Å². The summed E-state index contributed by atoms with van der Waals surface area (Å²) in [5, 5.41) is 0. The first-order chi connectivity index (χ1) is 8.29. The SMILES string of the molecule is CC(C)(C)OC(=O)OC(=O)[C@H](N)C1CCCCC1. The van der Waals surface area contributed by atoms with Gasteiger partial charge in [-0.2, -0.15) is 0 Å². The molecule has 0 bridgehead atoms. The number of rotatable bonds is 2. The minimum atomic E-state index is -0.973. The van der Waals surface area contributed by atoms with Crippen molar-refractivity contribution in [3.8, 4) is 0 Å². The molecule has 5 nitrogen and oxygen atoms in total. The Hall–Kier alpha value is -1.10. The van der Waals surface area contributed by atoms with Gasteiger partial charge in [0.1, 0.15) is 11.6 Å². The van der Waals surface area contributed by atoms with Gasteiger partial charge in [0.05, 0.1) is 0 Å². The van der Waals surface area contributed by atoms with Crippen LogP contribution >= 0.6 is 0 Å². The quantitative estimate of drug-likeness (QED) is 0.607. The Kier molecular flexibility index (Phi) is 5.14. The van der Waals surface area contributed by atoms with Crippen molar-refractivity contribution in [2.24, 2.45) is 11.7 Å². The molecule has 1 aliphatic carbocycles. The van der Waals surface area contributed by atoms with Crippen LogP contribution in [-0.4, -0.2) is 23.8 Å². The molecule has 18 heavy (non-hydrogen) atoms. The maximum Gasteiger partial charge on any atom is 0.516 e. The largest absolute Gasteiger partial charge is 0.516 e. The monoisotopic (exact) mass is 257 g/mol. The molecule has 0 aromatic heterocycles. The van der Waals surface area contributed by atoms with Gasteiger partial charge in [-0.25, -0.2) is 9.59 Å². The van der Waals surface area contributed by atoms with E-state index in [9.17, 15) is 9.59 Å². The number of carbonyl (C=O) groups is 2. The normalized spacial score (nSPS) is 19.1. The molecule has 1 atom stereocenters. The number of nitrogens with two attached hydrogens (primary N) is 1. The van der Waals surface area contributed by atoms with Crippen LogP contribution in [0.15, 0.2) is 0 Å². The third-order valence-corrected chi connectivity index (χ3v) is 3.00. The van der Waals surface area contributed by atoms with Crippen molar-refractivity contribution < 1.29 is 19.1 Å². The number of hydrogen-bond donors (Lipinski definition) is 1. The molecule has 0 aliphatic heterocycles. The van der Waals surface area contributed by atoms with Crippen LogP contribution in [0.1, 0.15) is 52.9 Å². The summed E-state index contributed by atoms with van der Waals surface area (Å²) in [6.45, 7) is 5.12. The lowest BCUT2D eigenvalue weighted by atomic mass is 9.84. The smallest absolute Gasteiger partial charge is 0.428 e. The van der Waals surface area contributed by atoms with Gasteiger partial charge in [0.25, 0.3) is 0 Å². The fourth-order valence-electron chi connectivity index (χ4n) is 2.11. The fraction of sp³-hybridized carbons (Fsp3) is 0.846. The molecular weight excluding hydrogens is 234 g/mol. The summed E-state index contributed by atoms with van der Waals surface area (Å²) in [5.74, 6) is -0.565. The Balaban J connectivity index is 2.41. The maximum atomic E-state index is 11.7. The van der Waals surface area contributed by atoms with E-state index in [1.165, 1.54) is 6.42 Å². The highest BCUT2D eigenvalue weighted by atomic mass is 16.7. The van der Waals surface area contributed by atoms with Crippen LogP contribution in [0.2, 0.25) is 0 Å². The van der Waals surface area contributed by atoms with Gasteiger partial charge in [0.2, 0.25) is 0 Å². The highest BCUT2D eigenvalue weighted by Gasteiger charge is 2.30. The van der Waals surface area contributed by atoms with Crippen LogP contribution in [0.25, 0.3) is 0 Å². The zero-order chi connectivity index (χ0) is 13.8. The second-order valence-electron chi connectivity index (χ2n) is 5.81. The molecule has 0 radical (unpaired) electrons. The van der Waals surface area contributed by atoms with Crippen molar-refractivity contribution in [2.45, 2.75) is 64.5 Å². The van der Waals surface area contributed by atoms with Crippen molar-refractivity contribution >= 4 is 12.1 Å². The van der Waals surface area contributed by atoms with Crippen LogP contribution in [0.4, 0.5) is 4.79 Å². The van der Waals surface area contributed by atoms with Crippen molar-refractivity contribution in [3.05, 3.63) is 0 Å². The summed E-state index contributed by atoms with van der Waals surface area (Å²) in [7, 11) is 0. The lowest BCUT2D eigenvalue weighted by Crippen LogP contribution is -2.41. The van der Waals surface area contributed by atoms with E-state index in [-0.39, 0.29) is 5.92 Å². The molecule has 0 amide bonds. The number of ether oxygens (including phenoxy) is 2. The van der Waals surface area contributed by atoms with E-state index in [1.807, 2.05) is 0 Å². The molecule has 5 heteroatoms. The van der Waals surface area contributed by atoms with Crippen LogP contribution in [-0.2, 0) is 14.3 Å². The summed E-state index contributed by atoms with van der Waals surface area (Å²) in [6, 6.07) is -0.724. The maximum absolute atomic E-state index is 11.7. The van der Waals surface area contributed by atoms with Crippen LogP contribution in [0.5, 0.6) is 0 Å². The van der Waals surface area contributed by atoms with Gasteiger partial charge in [0, 0.05) is 0 Å². The topological polar surface area (TPSA) is 78.6 Å². The van der Waals surface area contributed by atoms with Crippen molar-refractivity contribution in [3.63, 3.8) is 0 Å². The number of esters is 1. The fourth-order valence-corrected chi connectivity index (χ4v) is 2.11. The van der Waals surface area contributed by atoms with Crippen molar-refractivity contribution in [2.75, 3.05) is 0 Å². The number of hydrogen-bond acceptors (Lipinski definition) is 5. The van der Waals surface area contributed by atoms with Crippen LogP contribution in [0, 0.1) is 5.92 Å². The van der Waals surface area contributed by atoms with E-state index in [1.54, 1.807) is 20.8 Å². The van der Waals surface area contributed by atoms with E-state index in [0.29, 0.717) is 0 Å². The van der Waals surface area contributed by atoms with E-state index in [2.05, 4.69) is 4.74 Å². The highest BCUT2D eigenvalue weighted by Crippen LogP contribution is 2.26. The average Bonchev–Trinajstić information content (AvgIpc) is 2.26. The summed E-state index contributed by atoms with van der Waals surface area (Å²) in [4.78, 5) is 23.0. The Labute approximate surface area is 108 Å². The first kappa shape index (κ1) is 15.0. The first-order valence-electron chi connectivity index (χ1n) is 6.50. The molecule has 2 N–H and O–H groups in total. The molecule has 1 aliphatic rings. The first-order valence-corrected chi connectivity index (χ1v) is 6.50. The predicted molar refractivity (Wildman–Crippen MR) is 66.9 cm³/mol. The minimum absolute atomic E-state index is 0.119. The van der Waals surface area contributed by atoms with Gasteiger partial charge in [-0.3, -0.25) is 0 Å². The zero-order valence-electron chi connectivity index (χ0n) is 11.4. The minimum Gasteiger partial charge on any atom is -0.428 e. The molecule has 0 unspecified atom stereocenters. The van der Waals surface area contributed by atoms with Crippen molar-refractivity contribution in [1.29, 1.82) is 0 Å². The summed E-state index contributed by atoms with van der Waals surface area (Å²) >= 11 is 0. The molecule has 0 heterocycles. The molecule has 0 aromatic rings. The summed E-state index contributed by atoms with van der Waals surface area (Å²) in [6.07, 6.45) is 4.22. The molecular formula is C13H23NO4. The van der Waals surface area contributed by atoms with Gasteiger partial charge in [-0.05, 0) is 39.5 Å². The number of carbonyl (C=O) groups excluding carboxylic acids is 2. The van der Waals surface area contributed by atoms with E-state index >= 15 is 0 Å². The molecule has 1 rings (SSSR count). The van der Waals surface area contributed by atoms with Gasteiger partial charge in [0.15, 0.2) is 0 Å². The zero-order valence-corrected chi connectivity index (χ0v) is 11.4. The van der Waals surface area contributed by atoms with Gasteiger partial charge in [-0.1, -0.05) is 19.3 Å². The second kappa shape index (κ2) is 6.18. The predicted octanol–water partition coefficient (Wildman–Crippen LogP) is 2.37. The van der Waals surface area contributed by atoms with Crippen LogP contribution in [0.3, 0.4) is 0 Å². The molecule has 1 saturated carbocycles. The van der Waals surface area contributed by atoms with E-state index in [0.717, 1.165) is 25.7 Å². The highest BCUT2D eigenvalue weighted by molar-refractivity contribution is 5.85. The van der Waals surface area contributed by atoms with Crippen LogP contribution < -0.4 is 5.73 Å².